The molecule has 0 bridgehead atoms. The first-order chi connectivity index (χ1) is 8.40. The fraction of sp³-hybridized carbons (Fsp3) is 0.833. The Bertz CT molecular complexity index is 358. The van der Waals surface area contributed by atoms with Crippen LogP contribution in [0.2, 0.25) is 0 Å². The quantitative estimate of drug-likeness (QED) is 0.870. The summed E-state index contributed by atoms with van der Waals surface area (Å²) in [5, 5.41) is 8.14. The lowest BCUT2D eigenvalue weighted by molar-refractivity contribution is 0.295. The normalized spacial score (nSPS) is 21.9. The summed E-state index contributed by atoms with van der Waals surface area (Å²) in [7, 11) is 0. The van der Waals surface area contributed by atoms with Crippen molar-refractivity contribution in [2.45, 2.75) is 43.1 Å². The fourth-order valence-electron chi connectivity index (χ4n) is 2.42. The molecule has 94 valence electrons. The van der Waals surface area contributed by atoms with E-state index in [0.29, 0.717) is 5.92 Å². The van der Waals surface area contributed by atoms with Crippen molar-refractivity contribution in [3.8, 4) is 0 Å². The predicted octanol–water partition coefficient (Wildman–Crippen LogP) is 2.01. The third kappa shape index (κ3) is 3.01. The molecule has 0 radical (unpaired) electrons. The fourth-order valence-corrected chi connectivity index (χ4v) is 3.59. The van der Waals surface area contributed by atoms with Crippen molar-refractivity contribution in [2.75, 3.05) is 13.1 Å². The van der Waals surface area contributed by atoms with Crippen LogP contribution in [0.15, 0.2) is 4.52 Å². The molecule has 3 rings (SSSR count). The third-order valence-corrected chi connectivity index (χ3v) is 4.96. The summed E-state index contributed by atoms with van der Waals surface area (Å²) in [5.74, 6) is 3.31. The summed E-state index contributed by atoms with van der Waals surface area (Å²) >= 11 is 1.99. The standard InChI is InChI=1S/C12H19N3OS/c1-2-4-10(3-1)17-8-11-14-12(16-15-11)5-9-6-13-7-9/h9-10,13H,1-8H2. The summed E-state index contributed by atoms with van der Waals surface area (Å²) in [4.78, 5) is 4.47. The Kier molecular flexibility index (Phi) is 3.66. The molecule has 2 aliphatic rings. The minimum atomic E-state index is 0.700. The zero-order chi connectivity index (χ0) is 11.5. The maximum Gasteiger partial charge on any atom is 0.227 e. The van der Waals surface area contributed by atoms with Gasteiger partial charge in [-0.25, -0.2) is 0 Å². The number of hydrogen-bond donors (Lipinski definition) is 1. The van der Waals surface area contributed by atoms with Gasteiger partial charge >= 0.3 is 0 Å². The molecule has 0 atom stereocenters. The predicted molar refractivity (Wildman–Crippen MR) is 67.9 cm³/mol. The molecule has 0 amide bonds. The molecule has 1 saturated heterocycles. The summed E-state index contributed by atoms with van der Waals surface area (Å²) in [6, 6.07) is 0. The molecule has 2 heterocycles. The third-order valence-electron chi connectivity index (χ3n) is 3.59. The highest BCUT2D eigenvalue weighted by molar-refractivity contribution is 7.99. The highest BCUT2D eigenvalue weighted by atomic mass is 32.2. The molecule has 1 saturated carbocycles. The van der Waals surface area contributed by atoms with E-state index in [1.165, 1.54) is 25.7 Å². The Morgan fingerprint density at radius 3 is 2.82 bits per heavy atom. The second kappa shape index (κ2) is 5.40. The van der Waals surface area contributed by atoms with Gasteiger partial charge in [-0.1, -0.05) is 18.0 Å². The largest absolute Gasteiger partial charge is 0.339 e. The van der Waals surface area contributed by atoms with Crippen LogP contribution in [-0.4, -0.2) is 28.5 Å². The Morgan fingerprint density at radius 2 is 2.12 bits per heavy atom. The van der Waals surface area contributed by atoms with E-state index in [2.05, 4.69) is 15.5 Å². The van der Waals surface area contributed by atoms with E-state index in [0.717, 1.165) is 42.2 Å². The Hall–Kier alpha value is -0.550. The van der Waals surface area contributed by atoms with Crippen molar-refractivity contribution in [1.82, 2.24) is 15.5 Å². The average Bonchev–Trinajstić information content (AvgIpc) is 2.92. The summed E-state index contributed by atoms with van der Waals surface area (Å²) in [6.07, 6.45) is 6.45. The molecular formula is C12H19N3OS. The zero-order valence-electron chi connectivity index (χ0n) is 10.0. The van der Waals surface area contributed by atoms with Crippen molar-refractivity contribution in [3.63, 3.8) is 0 Å². The summed E-state index contributed by atoms with van der Waals surface area (Å²) < 4.78 is 5.28. The Morgan fingerprint density at radius 1 is 1.29 bits per heavy atom. The highest BCUT2D eigenvalue weighted by Gasteiger charge is 2.21. The van der Waals surface area contributed by atoms with Crippen LogP contribution < -0.4 is 5.32 Å². The van der Waals surface area contributed by atoms with Crippen molar-refractivity contribution < 1.29 is 4.52 Å². The van der Waals surface area contributed by atoms with Gasteiger partial charge in [0.2, 0.25) is 5.89 Å². The number of aromatic nitrogens is 2. The van der Waals surface area contributed by atoms with E-state index in [1.54, 1.807) is 0 Å². The van der Waals surface area contributed by atoms with Gasteiger partial charge in [-0.05, 0) is 31.8 Å². The lowest BCUT2D eigenvalue weighted by atomic mass is 10.00. The van der Waals surface area contributed by atoms with E-state index in [4.69, 9.17) is 4.52 Å². The van der Waals surface area contributed by atoms with E-state index >= 15 is 0 Å². The van der Waals surface area contributed by atoms with E-state index in [-0.39, 0.29) is 0 Å². The van der Waals surface area contributed by atoms with Crippen molar-refractivity contribution in [2.24, 2.45) is 5.92 Å². The van der Waals surface area contributed by atoms with Gasteiger partial charge in [-0.2, -0.15) is 16.7 Å². The van der Waals surface area contributed by atoms with Gasteiger partial charge in [-0.15, -0.1) is 0 Å². The van der Waals surface area contributed by atoms with Crippen LogP contribution in [0.5, 0.6) is 0 Å². The first kappa shape index (κ1) is 11.5. The molecule has 1 aromatic heterocycles. The molecular weight excluding hydrogens is 234 g/mol. The van der Waals surface area contributed by atoms with Crippen LogP contribution in [0, 0.1) is 5.92 Å². The van der Waals surface area contributed by atoms with Gasteiger partial charge in [0.1, 0.15) is 0 Å². The lowest BCUT2D eigenvalue weighted by Crippen LogP contribution is -2.43. The number of nitrogens with zero attached hydrogens (tertiary/aromatic N) is 2. The Balaban J connectivity index is 1.46. The number of thioether (sulfide) groups is 1. The first-order valence-corrected chi connectivity index (χ1v) is 7.59. The van der Waals surface area contributed by atoms with Gasteiger partial charge in [-0.3, -0.25) is 0 Å². The van der Waals surface area contributed by atoms with E-state index in [9.17, 15) is 0 Å². The second-order valence-electron chi connectivity index (χ2n) is 5.05. The molecule has 4 nitrogen and oxygen atoms in total. The topological polar surface area (TPSA) is 51.0 Å². The van der Waals surface area contributed by atoms with Crippen LogP contribution in [0.4, 0.5) is 0 Å². The van der Waals surface area contributed by atoms with Gasteiger partial charge in [0, 0.05) is 11.7 Å². The van der Waals surface area contributed by atoms with Crippen LogP contribution in [-0.2, 0) is 12.2 Å². The zero-order valence-corrected chi connectivity index (χ0v) is 10.8. The van der Waals surface area contributed by atoms with Crippen LogP contribution in [0.25, 0.3) is 0 Å². The van der Waals surface area contributed by atoms with Crippen molar-refractivity contribution >= 4 is 11.8 Å². The minimum Gasteiger partial charge on any atom is -0.339 e. The Labute approximate surface area is 106 Å². The van der Waals surface area contributed by atoms with Crippen molar-refractivity contribution in [3.05, 3.63) is 11.7 Å². The van der Waals surface area contributed by atoms with Crippen molar-refractivity contribution in [1.29, 1.82) is 0 Å². The van der Waals surface area contributed by atoms with Crippen LogP contribution >= 0.6 is 11.8 Å². The smallest absolute Gasteiger partial charge is 0.227 e. The van der Waals surface area contributed by atoms with Gasteiger partial charge in [0.15, 0.2) is 5.82 Å². The maximum atomic E-state index is 5.28. The van der Waals surface area contributed by atoms with Gasteiger partial charge in [0.25, 0.3) is 0 Å². The molecule has 1 aliphatic carbocycles. The van der Waals surface area contributed by atoms with Gasteiger partial charge in [0.05, 0.1) is 5.75 Å². The van der Waals surface area contributed by atoms with Gasteiger partial charge < -0.3 is 9.84 Å². The monoisotopic (exact) mass is 253 g/mol. The first-order valence-electron chi connectivity index (χ1n) is 6.54. The lowest BCUT2D eigenvalue weighted by Gasteiger charge is -2.25. The molecule has 0 aromatic carbocycles. The van der Waals surface area contributed by atoms with E-state index < -0.39 is 0 Å². The molecule has 1 aromatic rings. The number of nitrogens with one attached hydrogen (secondary N) is 1. The molecule has 5 heteroatoms. The maximum absolute atomic E-state index is 5.28. The minimum absolute atomic E-state index is 0.700. The molecule has 0 spiro atoms. The second-order valence-corrected chi connectivity index (χ2v) is 6.34. The molecule has 1 aliphatic heterocycles. The number of hydrogen-bond acceptors (Lipinski definition) is 5. The summed E-state index contributed by atoms with van der Waals surface area (Å²) in [6.45, 7) is 2.18. The van der Waals surface area contributed by atoms with Crippen LogP contribution in [0.1, 0.15) is 37.4 Å². The molecule has 0 unspecified atom stereocenters. The molecule has 1 N–H and O–H groups in total. The molecule has 17 heavy (non-hydrogen) atoms. The number of rotatable bonds is 5. The SMILES string of the molecule is C1CCC(SCc2noc(CC3CNC3)n2)C1. The summed E-state index contributed by atoms with van der Waals surface area (Å²) in [5.41, 5.74) is 0. The van der Waals surface area contributed by atoms with Crippen LogP contribution in [0.3, 0.4) is 0 Å². The van der Waals surface area contributed by atoms with E-state index in [1.807, 2.05) is 11.8 Å². The average molecular weight is 253 g/mol. The highest BCUT2D eigenvalue weighted by Crippen LogP contribution is 2.31. The molecule has 2 fully saturated rings.